The Hall–Kier alpha value is -2.34. The lowest BCUT2D eigenvalue weighted by Gasteiger charge is -2.12. The molecule has 0 saturated carbocycles. The third kappa shape index (κ3) is 4.82. The Morgan fingerprint density at radius 2 is 2.08 bits per heavy atom. The number of nitrogens with zero attached hydrogens (tertiary/aromatic N) is 2. The number of ether oxygens (including phenoxy) is 1. The normalized spacial score (nSPS) is 16.8. The van der Waals surface area contributed by atoms with E-state index in [1.165, 1.54) is 5.56 Å². The van der Waals surface area contributed by atoms with Crippen LogP contribution in [-0.2, 0) is 11.2 Å². The fourth-order valence-electron chi connectivity index (χ4n) is 3.09. The second kappa shape index (κ2) is 8.16. The first-order valence-electron chi connectivity index (χ1n) is 8.88. The Kier molecular flexibility index (Phi) is 5.71. The quantitative estimate of drug-likeness (QED) is 0.847. The highest BCUT2D eigenvalue weighted by Crippen LogP contribution is 2.13. The molecule has 1 aromatic carbocycles. The number of benzene rings is 1. The molecule has 1 aliphatic rings. The molecule has 6 heteroatoms. The van der Waals surface area contributed by atoms with Gasteiger partial charge in [0, 0.05) is 25.4 Å². The lowest BCUT2D eigenvalue weighted by molar-refractivity contribution is 0.111. The summed E-state index contributed by atoms with van der Waals surface area (Å²) in [6.45, 7) is 6.04. The summed E-state index contributed by atoms with van der Waals surface area (Å²) < 4.78 is 7.43. The summed E-state index contributed by atoms with van der Waals surface area (Å²) in [6.07, 6.45) is 3.08. The summed E-state index contributed by atoms with van der Waals surface area (Å²) in [5, 5.41) is 10.2. The van der Waals surface area contributed by atoms with Gasteiger partial charge in [-0.25, -0.2) is 9.48 Å². The van der Waals surface area contributed by atoms with Gasteiger partial charge in [-0.1, -0.05) is 12.1 Å². The van der Waals surface area contributed by atoms with Crippen LogP contribution in [0.4, 0.5) is 4.79 Å². The van der Waals surface area contributed by atoms with Crippen molar-refractivity contribution in [3.8, 4) is 5.69 Å². The number of hydrogen-bond acceptors (Lipinski definition) is 3. The van der Waals surface area contributed by atoms with Gasteiger partial charge in [0.15, 0.2) is 0 Å². The number of aryl methyl sites for hydroxylation is 2. The van der Waals surface area contributed by atoms with Gasteiger partial charge in [-0.05, 0) is 56.9 Å². The summed E-state index contributed by atoms with van der Waals surface area (Å²) in [4.78, 5) is 11.8. The van der Waals surface area contributed by atoms with Crippen LogP contribution in [0.5, 0.6) is 0 Å². The molecular weight excluding hydrogens is 316 g/mol. The molecule has 1 aliphatic heterocycles. The number of carbonyl (C=O) groups excluding carboxylic acids is 1. The highest BCUT2D eigenvalue weighted by molar-refractivity contribution is 5.73. The monoisotopic (exact) mass is 342 g/mol. The van der Waals surface area contributed by atoms with Gasteiger partial charge in [0.25, 0.3) is 0 Å². The van der Waals surface area contributed by atoms with Gasteiger partial charge in [0.2, 0.25) is 0 Å². The van der Waals surface area contributed by atoms with E-state index in [-0.39, 0.29) is 12.1 Å². The summed E-state index contributed by atoms with van der Waals surface area (Å²) in [5.41, 5.74) is 4.37. The molecule has 6 nitrogen and oxygen atoms in total. The van der Waals surface area contributed by atoms with Crippen molar-refractivity contribution in [2.75, 3.05) is 19.7 Å². The number of amides is 2. The molecule has 2 heterocycles. The number of rotatable bonds is 6. The molecule has 2 aromatic rings. The minimum absolute atomic E-state index is 0.130. The Morgan fingerprint density at radius 3 is 2.72 bits per heavy atom. The molecule has 25 heavy (non-hydrogen) atoms. The summed E-state index contributed by atoms with van der Waals surface area (Å²) in [6, 6.07) is 10.2. The van der Waals surface area contributed by atoms with Crippen molar-refractivity contribution >= 4 is 6.03 Å². The van der Waals surface area contributed by atoms with E-state index in [9.17, 15) is 4.79 Å². The Bertz CT molecular complexity index is 703. The molecule has 134 valence electrons. The van der Waals surface area contributed by atoms with E-state index in [1.54, 1.807) is 0 Å². The van der Waals surface area contributed by atoms with Crippen LogP contribution >= 0.6 is 0 Å². The highest BCUT2D eigenvalue weighted by Gasteiger charge is 2.15. The maximum Gasteiger partial charge on any atom is 0.314 e. The van der Waals surface area contributed by atoms with Gasteiger partial charge in [-0.15, -0.1) is 0 Å². The zero-order valence-corrected chi connectivity index (χ0v) is 14.9. The van der Waals surface area contributed by atoms with Crippen LogP contribution in [0.1, 0.15) is 29.8 Å². The molecule has 1 saturated heterocycles. The molecule has 1 fully saturated rings. The van der Waals surface area contributed by atoms with E-state index in [0.717, 1.165) is 42.9 Å². The van der Waals surface area contributed by atoms with Crippen molar-refractivity contribution in [2.45, 2.75) is 39.2 Å². The topological polar surface area (TPSA) is 68.2 Å². The van der Waals surface area contributed by atoms with E-state index in [4.69, 9.17) is 4.74 Å². The molecule has 1 aromatic heterocycles. The first kappa shape index (κ1) is 17.5. The van der Waals surface area contributed by atoms with Crippen LogP contribution in [0, 0.1) is 13.8 Å². The Labute approximate surface area is 148 Å². The van der Waals surface area contributed by atoms with Crippen molar-refractivity contribution in [1.82, 2.24) is 20.4 Å². The standard InChI is InChI=1S/C19H26N4O2/c1-14-12-15(2)23(22-14)17-7-5-16(6-8-17)9-10-20-19(24)21-13-18-4-3-11-25-18/h5-8,12,18H,3-4,9-11,13H2,1-2H3,(H2,20,21,24)/t18-/m1/s1. The van der Waals surface area contributed by atoms with E-state index >= 15 is 0 Å². The molecule has 1 atom stereocenters. The van der Waals surface area contributed by atoms with Crippen molar-refractivity contribution in [2.24, 2.45) is 0 Å². The van der Waals surface area contributed by atoms with Crippen LogP contribution in [0.15, 0.2) is 30.3 Å². The maximum absolute atomic E-state index is 11.8. The van der Waals surface area contributed by atoms with Crippen molar-refractivity contribution in [1.29, 1.82) is 0 Å². The fourth-order valence-corrected chi connectivity index (χ4v) is 3.09. The SMILES string of the molecule is Cc1cc(C)n(-c2ccc(CCNC(=O)NC[C@H]3CCCO3)cc2)n1. The molecule has 3 rings (SSSR count). The maximum atomic E-state index is 11.8. The summed E-state index contributed by atoms with van der Waals surface area (Å²) in [7, 11) is 0. The predicted molar refractivity (Wildman–Crippen MR) is 97.1 cm³/mol. The second-order valence-corrected chi connectivity index (χ2v) is 6.53. The average molecular weight is 342 g/mol. The molecule has 2 amide bonds. The number of aromatic nitrogens is 2. The van der Waals surface area contributed by atoms with Crippen molar-refractivity contribution in [3.05, 3.63) is 47.3 Å². The van der Waals surface area contributed by atoms with Crippen LogP contribution in [0.2, 0.25) is 0 Å². The number of nitrogens with one attached hydrogen (secondary N) is 2. The first-order chi connectivity index (χ1) is 12.1. The minimum atomic E-state index is -0.130. The van der Waals surface area contributed by atoms with Gasteiger partial charge in [-0.2, -0.15) is 5.10 Å². The number of hydrogen-bond donors (Lipinski definition) is 2. The Balaban J connectivity index is 1.42. The lowest BCUT2D eigenvalue weighted by atomic mass is 10.1. The smallest absolute Gasteiger partial charge is 0.314 e. The van der Waals surface area contributed by atoms with E-state index < -0.39 is 0 Å². The van der Waals surface area contributed by atoms with E-state index in [1.807, 2.05) is 18.5 Å². The zero-order chi connectivity index (χ0) is 17.6. The molecule has 0 unspecified atom stereocenters. The first-order valence-corrected chi connectivity index (χ1v) is 8.88. The van der Waals surface area contributed by atoms with Crippen LogP contribution in [-0.4, -0.2) is 41.6 Å². The molecule has 0 spiro atoms. The largest absolute Gasteiger partial charge is 0.376 e. The van der Waals surface area contributed by atoms with Gasteiger partial charge < -0.3 is 15.4 Å². The van der Waals surface area contributed by atoms with Crippen molar-refractivity contribution in [3.63, 3.8) is 0 Å². The predicted octanol–water partition coefficient (Wildman–Crippen LogP) is 2.51. The van der Waals surface area contributed by atoms with Crippen LogP contribution in [0.25, 0.3) is 5.69 Å². The Morgan fingerprint density at radius 1 is 1.28 bits per heavy atom. The zero-order valence-electron chi connectivity index (χ0n) is 14.9. The third-order valence-corrected chi connectivity index (χ3v) is 4.40. The highest BCUT2D eigenvalue weighted by atomic mass is 16.5. The number of urea groups is 1. The average Bonchev–Trinajstić information content (AvgIpc) is 3.23. The third-order valence-electron chi connectivity index (χ3n) is 4.40. The molecule has 0 bridgehead atoms. The fraction of sp³-hybridized carbons (Fsp3) is 0.474. The minimum Gasteiger partial charge on any atom is -0.376 e. The van der Waals surface area contributed by atoms with Crippen molar-refractivity contribution < 1.29 is 9.53 Å². The molecular formula is C19H26N4O2. The number of carbonyl (C=O) groups is 1. The summed E-state index contributed by atoms with van der Waals surface area (Å²) in [5.74, 6) is 0. The lowest BCUT2D eigenvalue weighted by Crippen LogP contribution is -2.40. The van der Waals surface area contributed by atoms with Gasteiger partial charge in [0.1, 0.15) is 0 Å². The van der Waals surface area contributed by atoms with Gasteiger partial charge in [0.05, 0.1) is 17.5 Å². The molecule has 0 radical (unpaired) electrons. The van der Waals surface area contributed by atoms with Gasteiger partial charge >= 0.3 is 6.03 Å². The second-order valence-electron chi connectivity index (χ2n) is 6.53. The van der Waals surface area contributed by atoms with E-state index in [0.29, 0.717) is 13.1 Å². The summed E-state index contributed by atoms with van der Waals surface area (Å²) >= 11 is 0. The molecule has 2 N–H and O–H groups in total. The molecule has 0 aliphatic carbocycles. The van der Waals surface area contributed by atoms with Crippen LogP contribution in [0.3, 0.4) is 0 Å². The van der Waals surface area contributed by atoms with Gasteiger partial charge in [-0.3, -0.25) is 0 Å². The van der Waals surface area contributed by atoms with Crippen LogP contribution < -0.4 is 10.6 Å². The van der Waals surface area contributed by atoms with E-state index in [2.05, 4.69) is 46.1 Å².